The first kappa shape index (κ1) is 16.8. The van der Waals surface area contributed by atoms with Crippen molar-refractivity contribution in [1.82, 2.24) is 5.32 Å². The minimum atomic E-state index is -1.05. The molecule has 0 saturated carbocycles. The zero-order valence-electron chi connectivity index (χ0n) is 12.7. The first-order chi connectivity index (χ1) is 9.87. The smallest absolute Gasteiger partial charge is 0.326 e. The van der Waals surface area contributed by atoms with E-state index < -0.39 is 17.9 Å². The number of rotatable bonds is 7. The third kappa shape index (κ3) is 4.98. The van der Waals surface area contributed by atoms with Gasteiger partial charge in [-0.3, -0.25) is 4.79 Å². The van der Waals surface area contributed by atoms with E-state index in [-0.39, 0.29) is 5.92 Å². The monoisotopic (exact) mass is 295 g/mol. The molecule has 0 aliphatic heterocycles. The van der Waals surface area contributed by atoms with Crippen molar-refractivity contribution < 1.29 is 24.2 Å². The van der Waals surface area contributed by atoms with Crippen molar-refractivity contribution in [2.75, 3.05) is 14.2 Å². The van der Waals surface area contributed by atoms with Crippen LogP contribution in [0.25, 0.3) is 0 Å². The van der Waals surface area contributed by atoms with Crippen molar-refractivity contribution in [2.24, 2.45) is 5.92 Å². The van der Waals surface area contributed by atoms with Crippen molar-refractivity contribution in [3.63, 3.8) is 0 Å². The highest BCUT2D eigenvalue weighted by Crippen LogP contribution is 2.22. The molecule has 0 heterocycles. The highest BCUT2D eigenvalue weighted by molar-refractivity contribution is 5.97. The Morgan fingerprint density at radius 2 is 1.67 bits per heavy atom. The fraction of sp³-hybridized carbons (Fsp3) is 0.467. The van der Waals surface area contributed by atoms with Crippen LogP contribution in [0.4, 0.5) is 0 Å². The van der Waals surface area contributed by atoms with Gasteiger partial charge in [-0.1, -0.05) is 13.8 Å². The molecule has 0 aromatic heterocycles. The number of hydrogen-bond acceptors (Lipinski definition) is 4. The van der Waals surface area contributed by atoms with Gasteiger partial charge in [0.05, 0.1) is 14.2 Å². The number of aliphatic carboxylic acids is 1. The molecular weight excluding hydrogens is 274 g/mol. The van der Waals surface area contributed by atoms with Crippen molar-refractivity contribution in [1.29, 1.82) is 0 Å². The van der Waals surface area contributed by atoms with Crippen LogP contribution in [0, 0.1) is 5.92 Å². The highest BCUT2D eigenvalue weighted by Gasteiger charge is 2.22. The van der Waals surface area contributed by atoms with Crippen molar-refractivity contribution >= 4 is 11.9 Å². The molecular formula is C15H21NO5. The topological polar surface area (TPSA) is 84.9 Å². The van der Waals surface area contributed by atoms with Crippen molar-refractivity contribution in [2.45, 2.75) is 26.3 Å². The SMILES string of the molecule is COc1cc(OC)cc(C(=O)NC(CC(C)C)C(=O)O)c1. The minimum absolute atomic E-state index is 0.159. The Labute approximate surface area is 124 Å². The van der Waals surface area contributed by atoms with Gasteiger partial charge >= 0.3 is 5.97 Å². The van der Waals surface area contributed by atoms with Crippen LogP contribution in [0.3, 0.4) is 0 Å². The number of hydrogen-bond donors (Lipinski definition) is 2. The predicted molar refractivity (Wildman–Crippen MR) is 77.9 cm³/mol. The van der Waals surface area contributed by atoms with E-state index in [1.54, 1.807) is 6.07 Å². The third-order valence-electron chi connectivity index (χ3n) is 2.92. The quantitative estimate of drug-likeness (QED) is 0.803. The van der Waals surface area contributed by atoms with Gasteiger partial charge in [0.1, 0.15) is 17.5 Å². The third-order valence-corrected chi connectivity index (χ3v) is 2.92. The van der Waals surface area contributed by atoms with E-state index >= 15 is 0 Å². The summed E-state index contributed by atoms with van der Waals surface area (Å²) in [5.41, 5.74) is 0.293. The largest absolute Gasteiger partial charge is 0.497 e. The average molecular weight is 295 g/mol. The molecule has 0 aliphatic rings. The van der Waals surface area contributed by atoms with Crippen LogP contribution in [-0.2, 0) is 4.79 Å². The Bertz CT molecular complexity index is 491. The molecule has 1 unspecified atom stereocenters. The van der Waals surface area contributed by atoms with Crippen molar-refractivity contribution in [3.05, 3.63) is 23.8 Å². The fourth-order valence-electron chi connectivity index (χ4n) is 1.87. The lowest BCUT2D eigenvalue weighted by Gasteiger charge is -2.17. The number of carbonyl (C=O) groups excluding carboxylic acids is 1. The zero-order valence-corrected chi connectivity index (χ0v) is 12.7. The van der Waals surface area contributed by atoms with E-state index in [2.05, 4.69) is 5.32 Å². The molecule has 0 fully saturated rings. The van der Waals surface area contributed by atoms with Crippen LogP contribution in [0.15, 0.2) is 18.2 Å². The van der Waals surface area contributed by atoms with E-state index in [1.807, 2.05) is 13.8 Å². The van der Waals surface area contributed by atoms with E-state index in [9.17, 15) is 9.59 Å². The van der Waals surface area contributed by atoms with E-state index in [0.29, 0.717) is 23.5 Å². The summed E-state index contributed by atoms with van der Waals surface area (Å²) in [6.45, 7) is 3.80. The summed E-state index contributed by atoms with van der Waals surface area (Å²) in [6, 6.07) is 3.78. The summed E-state index contributed by atoms with van der Waals surface area (Å²) in [5, 5.41) is 11.7. The van der Waals surface area contributed by atoms with Gasteiger partial charge in [0.2, 0.25) is 0 Å². The van der Waals surface area contributed by atoms with Crippen LogP contribution < -0.4 is 14.8 Å². The molecule has 0 bridgehead atoms. The van der Waals surface area contributed by atoms with E-state index in [0.717, 1.165) is 0 Å². The highest BCUT2D eigenvalue weighted by atomic mass is 16.5. The second-order valence-corrected chi connectivity index (χ2v) is 5.10. The number of amides is 1. The molecule has 0 aliphatic carbocycles. The molecule has 1 aromatic rings. The van der Waals surface area contributed by atoms with Gasteiger partial charge in [-0.25, -0.2) is 4.79 Å². The van der Waals surface area contributed by atoms with Gasteiger partial charge in [0, 0.05) is 11.6 Å². The second-order valence-electron chi connectivity index (χ2n) is 5.10. The minimum Gasteiger partial charge on any atom is -0.497 e. The molecule has 1 atom stereocenters. The average Bonchev–Trinajstić information content (AvgIpc) is 2.45. The number of benzene rings is 1. The van der Waals surface area contributed by atoms with E-state index in [4.69, 9.17) is 14.6 Å². The summed E-state index contributed by atoms with van der Waals surface area (Å²) in [6.07, 6.45) is 0.363. The van der Waals surface area contributed by atoms with Crippen LogP contribution in [0.2, 0.25) is 0 Å². The van der Waals surface area contributed by atoms with Crippen molar-refractivity contribution in [3.8, 4) is 11.5 Å². The Balaban J connectivity index is 2.94. The Morgan fingerprint density at radius 3 is 2.05 bits per heavy atom. The maximum absolute atomic E-state index is 12.2. The number of nitrogens with one attached hydrogen (secondary N) is 1. The predicted octanol–water partition coefficient (Wildman–Crippen LogP) is 1.93. The standard InChI is InChI=1S/C15H21NO5/c1-9(2)5-13(15(18)19)16-14(17)10-6-11(20-3)8-12(7-10)21-4/h6-9,13H,5H2,1-4H3,(H,16,17)(H,18,19). The van der Waals surface area contributed by atoms with Gasteiger partial charge in [0.15, 0.2) is 0 Å². The molecule has 0 saturated heterocycles. The fourth-order valence-corrected chi connectivity index (χ4v) is 1.87. The number of carboxylic acids is 1. The normalized spacial score (nSPS) is 11.9. The molecule has 0 radical (unpaired) electrons. The molecule has 1 rings (SSSR count). The van der Waals surface area contributed by atoms with Crippen LogP contribution in [0.1, 0.15) is 30.6 Å². The summed E-state index contributed by atoms with van der Waals surface area (Å²) >= 11 is 0. The Kier molecular flexibility index (Phi) is 6.02. The molecule has 116 valence electrons. The van der Waals surface area contributed by atoms with Gasteiger partial charge in [-0.15, -0.1) is 0 Å². The van der Waals surface area contributed by atoms with Gasteiger partial charge in [-0.2, -0.15) is 0 Å². The number of methoxy groups -OCH3 is 2. The molecule has 0 spiro atoms. The Morgan fingerprint density at radius 1 is 1.14 bits per heavy atom. The van der Waals surface area contributed by atoms with Crippen LogP contribution >= 0.6 is 0 Å². The molecule has 6 nitrogen and oxygen atoms in total. The van der Waals surface area contributed by atoms with Gasteiger partial charge in [-0.05, 0) is 24.5 Å². The first-order valence-corrected chi connectivity index (χ1v) is 6.64. The summed E-state index contributed by atoms with van der Waals surface area (Å²) < 4.78 is 10.2. The summed E-state index contributed by atoms with van der Waals surface area (Å²) in [7, 11) is 2.96. The van der Waals surface area contributed by atoms with Crippen LogP contribution in [0.5, 0.6) is 11.5 Å². The van der Waals surface area contributed by atoms with Gasteiger partial charge in [0.25, 0.3) is 5.91 Å². The lowest BCUT2D eigenvalue weighted by molar-refractivity contribution is -0.139. The second kappa shape index (κ2) is 7.52. The first-order valence-electron chi connectivity index (χ1n) is 6.64. The lowest BCUT2D eigenvalue weighted by atomic mass is 10.0. The maximum atomic E-state index is 12.2. The summed E-state index contributed by atoms with van der Waals surface area (Å²) in [4.78, 5) is 23.4. The molecule has 1 aromatic carbocycles. The molecule has 21 heavy (non-hydrogen) atoms. The number of carbonyl (C=O) groups is 2. The maximum Gasteiger partial charge on any atom is 0.326 e. The van der Waals surface area contributed by atoms with E-state index in [1.165, 1.54) is 26.4 Å². The van der Waals surface area contributed by atoms with Gasteiger partial charge < -0.3 is 19.9 Å². The number of ether oxygens (including phenoxy) is 2. The Hall–Kier alpha value is -2.24. The molecule has 1 amide bonds. The lowest BCUT2D eigenvalue weighted by Crippen LogP contribution is -2.41. The molecule has 6 heteroatoms. The zero-order chi connectivity index (χ0) is 16.0. The number of carboxylic acid groups (broad SMARTS) is 1. The molecule has 2 N–H and O–H groups in total. The summed E-state index contributed by atoms with van der Waals surface area (Å²) in [5.74, 6) is -0.427. The van der Waals surface area contributed by atoms with Crippen LogP contribution in [-0.4, -0.2) is 37.2 Å².